The molecule has 3 N–H and O–H groups in total. The van der Waals surface area contributed by atoms with Crippen molar-refractivity contribution in [3.8, 4) is 0 Å². The van der Waals surface area contributed by atoms with Crippen molar-refractivity contribution < 1.29 is 19.4 Å². The molecule has 0 aromatic carbocycles. The van der Waals surface area contributed by atoms with E-state index in [9.17, 15) is 9.59 Å². The summed E-state index contributed by atoms with van der Waals surface area (Å²) in [7, 11) is 0. The fourth-order valence-corrected chi connectivity index (χ4v) is 2.17. The number of hydrogen-bond donors (Lipinski definition) is 2. The SMILES string of the molecule is CCOC(=O)C(N)CCSCC(C)(C)C(=O)O. The van der Waals surface area contributed by atoms with Gasteiger partial charge in [-0.3, -0.25) is 9.59 Å². The van der Waals surface area contributed by atoms with Gasteiger partial charge in [-0.25, -0.2) is 0 Å². The normalized spacial score (nSPS) is 13.2. The predicted molar refractivity (Wildman–Crippen MR) is 68.0 cm³/mol. The maximum Gasteiger partial charge on any atom is 0.322 e. The number of aliphatic carboxylic acids is 1. The molecule has 0 bridgehead atoms. The van der Waals surface area contributed by atoms with Gasteiger partial charge in [-0.2, -0.15) is 11.8 Å². The maximum absolute atomic E-state index is 11.2. The molecular formula is C11H21NO4S. The third kappa shape index (κ3) is 6.53. The third-order valence-electron chi connectivity index (χ3n) is 2.20. The topological polar surface area (TPSA) is 89.6 Å². The number of carbonyl (C=O) groups is 2. The molecule has 17 heavy (non-hydrogen) atoms. The van der Waals surface area contributed by atoms with E-state index in [-0.39, 0.29) is 0 Å². The summed E-state index contributed by atoms with van der Waals surface area (Å²) in [6, 6.07) is -0.615. The molecule has 100 valence electrons. The lowest BCUT2D eigenvalue weighted by Crippen LogP contribution is -2.33. The summed E-state index contributed by atoms with van der Waals surface area (Å²) >= 11 is 1.48. The highest BCUT2D eigenvalue weighted by Gasteiger charge is 2.26. The molecule has 0 aromatic heterocycles. The van der Waals surface area contributed by atoms with Gasteiger partial charge in [-0.15, -0.1) is 0 Å². The summed E-state index contributed by atoms with van der Waals surface area (Å²) in [6.07, 6.45) is 0.499. The molecule has 1 unspecified atom stereocenters. The molecule has 0 saturated carbocycles. The second kappa shape index (κ2) is 7.55. The molecule has 0 aliphatic heterocycles. The Labute approximate surface area is 106 Å². The van der Waals surface area contributed by atoms with Crippen LogP contribution < -0.4 is 5.73 Å². The lowest BCUT2D eigenvalue weighted by Gasteiger charge is -2.18. The van der Waals surface area contributed by atoms with Crippen molar-refractivity contribution in [2.45, 2.75) is 33.2 Å². The van der Waals surface area contributed by atoms with Gasteiger partial charge in [0.05, 0.1) is 12.0 Å². The molecular weight excluding hydrogens is 242 g/mol. The standard InChI is InChI=1S/C11H21NO4S/c1-4-16-9(13)8(12)5-6-17-7-11(2,3)10(14)15/h8H,4-7,12H2,1-3H3,(H,14,15). The van der Waals surface area contributed by atoms with E-state index >= 15 is 0 Å². The van der Waals surface area contributed by atoms with Crippen LogP contribution >= 0.6 is 11.8 Å². The summed E-state index contributed by atoms with van der Waals surface area (Å²) in [5, 5.41) is 8.90. The predicted octanol–water partition coefficient (Wildman–Crippen LogP) is 1.11. The van der Waals surface area contributed by atoms with E-state index in [2.05, 4.69) is 0 Å². The fraction of sp³-hybridized carbons (Fsp3) is 0.818. The summed E-state index contributed by atoms with van der Waals surface area (Å²) < 4.78 is 4.77. The van der Waals surface area contributed by atoms with Gasteiger partial charge in [0, 0.05) is 5.75 Å². The van der Waals surface area contributed by atoms with Gasteiger partial charge < -0.3 is 15.6 Å². The van der Waals surface area contributed by atoms with Gasteiger partial charge >= 0.3 is 11.9 Å². The number of carboxylic acids is 1. The number of carboxylic acid groups (broad SMARTS) is 1. The van der Waals surface area contributed by atoms with E-state index in [1.54, 1.807) is 20.8 Å². The van der Waals surface area contributed by atoms with Gasteiger partial charge in [-0.1, -0.05) is 0 Å². The van der Waals surface area contributed by atoms with Crippen LogP contribution in [-0.4, -0.2) is 41.2 Å². The molecule has 0 saturated heterocycles. The Hall–Kier alpha value is -0.750. The molecule has 6 heteroatoms. The molecule has 0 heterocycles. The maximum atomic E-state index is 11.2. The summed E-state index contributed by atoms with van der Waals surface area (Å²) in [5.41, 5.74) is 4.86. The van der Waals surface area contributed by atoms with Crippen LogP contribution in [0.1, 0.15) is 27.2 Å². The zero-order valence-corrected chi connectivity index (χ0v) is 11.4. The van der Waals surface area contributed by atoms with E-state index in [0.29, 0.717) is 24.5 Å². The summed E-state index contributed by atoms with van der Waals surface area (Å²) in [4.78, 5) is 22.0. The number of ether oxygens (including phenoxy) is 1. The van der Waals surface area contributed by atoms with Crippen LogP contribution in [0.25, 0.3) is 0 Å². The number of thioether (sulfide) groups is 1. The van der Waals surface area contributed by atoms with Crippen LogP contribution in [0.15, 0.2) is 0 Å². The average molecular weight is 263 g/mol. The molecule has 0 fully saturated rings. The highest BCUT2D eigenvalue weighted by molar-refractivity contribution is 7.99. The minimum atomic E-state index is -0.820. The molecule has 0 spiro atoms. The van der Waals surface area contributed by atoms with Crippen LogP contribution in [0, 0.1) is 5.41 Å². The molecule has 1 atom stereocenters. The first kappa shape index (κ1) is 16.2. The first-order valence-electron chi connectivity index (χ1n) is 5.54. The summed E-state index contributed by atoms with van der Waals surface area (Å²) in [5.74, 6) is -0.0699. The highest BCUT2D eigenvalue weighted by Crippen LogP contribution is 2.22. The molecule has 0 rings (SSSR count). The Balaban J connectivity index is 3.78. The van der Waals surface area contributed by atoms with Crippen molar-refractivity contribution in [1.29, 1.82) is 0 Å². The van der Waals surface area contributed by atoms with Crippen molar-refractivity contribution in [2.24, 2.45) is 11.1 Å². The molecule has 0 radical (unpaired) electrons. The van der Waals surface area contributed by atoms with Crippen LogP contribution in [0.2, 0.25) is 0 Å². The zero-order valence-electron chi connectivity index (χ0n) is 10.6. The number of rotatable bonds is 8. The largest absolute Gasteiger partial charge is 0.481 e. The van der Waals surface area contributed by atoms with Crippen molar-refractivity contribution in [3.05, 3.63) is 0 Å². The van der Waals surface area contributed by atoms with Crippen molar-refractivity contribution in [3.63, 3.8) is 0 Å². The molecule has 0 amide bonds. The molecule has 0 aliphatic carbocycles. The molecule has 0 aliphatic rings. The Kier molecular flexibility index (Phi) is 7.22. The monoisotopic (exact) mass is 263 g/mol. The number of nitrogens with two attached hydrogens (primary N) is 1. The third-order valence-corrected chi connectivity index (χ3v) is 3.65. The molecule has 5 nitrogen and oxygen atoms in total. The van der Waals surface area contributed by atoms with E-state index in [4.69, 9.17) is 15.6 Å². The zero-order chi connectivity index (χ0) is 13.5. The Bertz CT molecular complexity index is 268. The average Bonchev–Trinajstić information content (AvgIpc) is 2.24. The Morgan fingerprint density at radius 2 is 2.06 bits per heavy atom. The van der Waals surface area contributed by atoms with Crippen molar-refractivity contribution in [2.75, 3.05) is 18.1 Å². The lowest BCUT2D eigenvalue weighted by atomic mass is 9.97. The van der Waals surface area contributed by atoms with E-state index in [1.165, 1.54) is 11.8 Å². The minimum Gasteiger partial charge on any atom is -0.481 e. The van der Waals surface area contributed by atoms with Gasteiger partial charge in [0.25, 0.3) is 0 Å². The van der Waals surface area contributed by atoms with Crippen molar-refractivity contribution in [1.82, 2.24) is 0 Å². The second-order valence-corrected chi connectivity index (χ2v) is 5.49. The first-order valence-corrected chi connectivity index (χ1v) is 6.70. The van der Waals surface area contributed by atoms with Crippen LogP contribution in [-0.2, 0) is 14.3 Å². The van der Waals surface area contributed by atoms with Crippen LogP contribution in [0.4, 0.5) is 0 Å². The van der Waals surface area contributed by atoms with Gasteiger partial charge in [-0.05, 0) is 32.9 Å². The lowest BCUT2D eigenvalue weighted by molar-refractivity contribution is -0.146. The van der Waals surface area contributed by atoms with E-state index in [0.717, 1.165) is 0 Å². The Morgan fingerprint density at radius 1 is 1.47 bits per heavy atom. The quantitative estimate of drug-likeness (QED) is 0.503. The van der Waals surface area contributed by atoms with Crippen LogP contribution in [0.5, 0.6) is 0 Å². The number of carbonyl (C=O) groups excluding carboxylic acids is 1. The summed E-state index contributed by atoms with van der Waals surface area (Å²) in [6.45, 7) is 5.40. The second-order valence-electron chi connectivity index (χ2n) is 4.39. The smallest absolute Gasteiger partial charge is 0.322 e. The molecule has 0 aromatic rings. The number of esters is 1. The van der Waals surface area contributed by atoms with Gasteiger partial charge in [0.15, 0.2) is 0 Å². The minimum absolute atomic E-state index is 0.325. The fourth-order valence-electron chi connectivity index (χ4n) is 0.967. The van der Waals surface area contributed by atoms with Crippen molar-refractivity contribution >= 4 is 23.7 Å². The number of hydrogen-bond acceptors (Lipinski definition) is 5. The van der Waals surface area contributed by atoms with Crippen LogP contribution in [0.3, 0.4) is 0 Å². The Morgan fingerprint density at radius 3 is 2.53 bits per heavy atom. The first-order chi connectivity index (χ1) is 7.81. The highest BCUT2D eigenvalue weighted by atomic mass is 32.2. The van der Waals surface area contributed by atoms with E-state index < -0.39 is 23.4 Å². The van der Waals surface area contributed by atoms with E-state index in [1.807, 2.05) is 0 Å². The van der Waals surface area contributed by atoms with Gasteiger partial charge in [0.2, 0.25) is 0 Å². The van der Waals surface area contributed by atoms with Gasteiger partial charge in [0.1, 0.15) is 6.04 Å².